The molecule has 5 nitrogen and oxygen atoms in total. The lowest BCUT2D eigenvalue weighted by Gasteiger charge is -2.48. The second-order valence-corrected chi connectivity index (χ2v) is 7.69. The van der Waals surface area contributed by atoms with Crippen molar-refractivity contribution in [3.63, 3.8) is 0 Å². The molecule has 0 saturated carbocycles. The Hall–Kier alpha value is -1.36. The Kier molecular flexibility index (Phi) is 5.43. The molecule has 5 heteroatoms. The molecule has 136 valence electrons. The predicted octanol–water partition coefficient (Wildman–Crippen LogP) is 2.53. The van der Waals surface area contributed by atoms with Gasteiger partial charge in [0.1, 0.15) is 0 Å². The molecule has 2 rings (SSSR count). The van der Waals surface area contributed by atoms with E-state index in [-0.39, 0.29) is 17.7 Å². The Bertz CT molecular complexity index is 527. The van der Waals surface area contributed by atoms with Gasteiger partial charge in [0.25, 0.3) is 0 Å². The average molecular weight is 337 g/mol. The third-order valence-corrected chi connectivity index (χ3v) is 6.21. The number of nitrogens with zero attached hydrogens (tertiary/aromatic N) is 1. The number of aliphatic hydroxyl groups is 1. The highest BCUT2D eigenvalue weighted by molar-refractivity contribution is 5.95. The first-order valence-electron chi connectivity index (χ1n) is 8.97. The molecule has 24 heavy (non-hydrogen) atoms. The Labute approximate surface area is 145 Å². The second kappa shape index (κ2) is 6.87. The number of esters is 1. The van der Waals surface area contributed by atoms with E-state index in [2.05, 4.69) is 6.08 Å². The molecule has 1 N–H and O–H groups in total. The zero-order chi connectivity index (χ0) is 18.1. The highest BCUT2D eigenvalue weighted by Gasteiger charge is 2.70. The average Bonchev–Trinajstić information content (AvgIpc) is 2.73. The van der Waals surface area contributed by atoms with Gasteiger partial charge in [-0.05, 0) is 25.7 Å². The predicted molar refractivity (Wildman–Crippen MR) is 92.2 cm³/mol. The molecule has 2 aliphatic rings. The fourth-order valence-electron chi connectivity index (χ4n) is 4.85. The van der Waals surface area contributed by atoms with Gasteiger partial charge in [0, 0.05) is 24.3 Å². The zero-order valence-electron chi connectivity index (χ0n) is 15.5. The summed E-state index contributed by atoms with van der Waals surface area (Å²) in [6.07, 6.45) is 7.39. The number of likely N-dealkylation sites (tertiary alicyclic amines) is 1. The maximum atomic E-state index is 12.9. The highest BCUT2D eigenvalue weighted by atomic mass is 16.5. The van der Waals surface area contributed by atoms with E-state index in [4.69, 9.17) is 4.74 Å². The van der Waals surface area contributed by atoms with Crippen LogP contribution >= 0.6 is 0 Å². The van der Waals surface area contributed by atoms with Crippen LogP contribution in [0, 0.1) is 17.3 Å². The molecule has 0 unspecified atom stereocenters. The van der Waals surface area contributed by atoms with Gasteiger partial charge in [0.15, 0.2) is 5.54 Å². The Balaban J connectivity index is 2.57. The number of hydrogen-bond donors (Lipinski definition) is 1. The van der Waals surface area contributed by atoms with Crippen molar-refractivity contribution in [3.8, 4) is 0 Å². The van der Waals surface area contributed by atoms with Crippen molar-refractivity contribution in [1.29, 1.82) is 0 Å². The van der Waals surface area contributed by atoms with Gasteiger partial charge in [-0.3, -0.25) is 4.79 Å². The second-order valence-electron chi connectivity index (χ2n) is 7.69. The van der Waals surface area contributed by atoms with Gasteiger partial charge in [-0.1, -0.05) is 39.3 Å². The minimum atomic E-state index is -1.36. The van der Waals surface area contributed by atoms with E-state index in [1.165, 1.54) is 12.0 Å². The SMILES string of the molecule is CCC[C@H]1C(=O)N(C)[C@](C(=O)OC)([C@H](O)[C@@H]2C=CCCC2)C1(C)C. The van der Waals surface area contributed by atoms with E-state index >= 15 is 0 Å². The number of amides is 1. The molecular weight excluding hydrogens is 306 g/mol. The van der Waals surface area contributed by atoms with E-state index < -0.39 is 23.0 Å². The van der Waals surface area contributed by atoms with Crippen molar-refractivity contribution in [2.24, 2.45) is 17.3 Å². The largest absolute Gasteiger partial charge is 0.467 e. The standard InChI is InChI=1S/C19H31NO4/c1-6-10-14-16(22)20(4)19(17(23)24-5,18(14,2)3)15(21)13-11-8-7-9-12-13/h8,11,13-15,21H,6-7,9-10,12H2,1-5H3/t13-,14+,15-,19+/m1/s1. The number of ether oxygens (including phenoxy) is 1. The van der Waals surface area contributed by atoms with Crippen LogP contribution in [-0.2, 0) is 14.3 Å². The monoisotopic (exact) mass is 337 g/mol. The number of aliphatic hydroxyl groups excluding tert-OH is 1. The molecule has 1 amide bonds. The minimum Gasteiger partial charge on any atom is -0.467 e. The molecule has 4 atom stereocenters. The molecule has 0 aromatic heterocycles. The van der Waals surface area contributed by atoms with Crippen molar-refractivity contribution in [2.45, 2.75) is 64.5 Å². The summed E-state index contributed by atoms with van der Waals surface area (Å²) in [5.74, 6) is -1.04. The van der Waals surface area contributed by atoms with Gasteiger partial charge in [-0.2, -0.15) is 0 Å². The molecular formula is C19H31NO4. The maximum absolute atomic E-state index is 12.9. The fraction of sp³-hybridized carbons (Fsp3) is 0.789. The Morgan fingerprint density at radius 3 is 2.67 bits per heavy atom. The number of carbonyl (C=O) groups is 2. The van der Waals surface area contributed by atoms with Crippen LogP contribution in [-0.4, -0.2) is 47.7 Å². The summed E-state index contributed by atoms with van der Waals surface area (Å²) in [5.41, 5.74) is -2.07. The summed E-state index contributed by atoms with van der Waals surface area (Å²) < 4.78 is 5.11. The molecule has 1 aliphatic carbocycles. The topological polar surface area (TPSA) is 66.8 Å². The third kappa shape index (κ3) is 2.48. The van der Waals surface area contributed by atoms with Crippen molar-refractivity contribution in [3.05, 3.63) is 12.2 Å². The first kappa shape index (κ1) is 19.0. The van der Waals surface area contributed by atoms with Crippen molar-refractivity contribution in [1.82, 2.24) is 4.90 Å². The van der Waals surface area contributed by atoms with Crippen molar-refractivity contribution < 1.29 is 19.4 Å². The van der Waals surface area contributed by atoms with Crippen LogP contribution in [0.3, 0.4) is 0 Å². The molecule has 1 fully saturated rings. The van der Waals surface area contributed by atoms with Gasteiger partial charge >= 0.3 is 5.97 Å². The lowest BCUT2D eigenvalue weighted by Crippen LogP contribution is -2.67. The van der Waals surface area contributed by atoms with Gasteiger partial charge in [0.2, 0.25) is 5.91 Å². The first-order valence-corrected chi connectivity index (χ1v) is 8.97. The Morgan fingerprint density at radius 2 is 2.17 bits per heavy atom. The van der Waals surface area contributed by atoms with Crippen LogP contribution in [0.5, 0.6) is 0 Å². The first-order chi connectivity index (χ1) is 11.3. The summed E-state index contributed by atoms with van der Waals surface area (Å²) in [6.45, 7) is 5.87. The Morgan fingerprint density at radius 1 is 1.50 bits per heavy atom. The van der Waals surface area contributed by atoms with Crippen LogP contribution in [0.2, 0.25) is 0 Å². The molecule has 0 aromatic carbocycles. The molecule has 0 spiro atoms. The summed E-state index contributed by atoms with van der Waals surface area (Å²) >= 11 is 0. The number of rotatable bonds is 5. The van der Waals surface area contributed by atoms with Gasteiger partial charge in [-0.15, -0.1) is 0 Å². The van der Waals surface area contributed by atoms with Crippen LogP contribution in [0.15, 0.2) is 12.2 Å². The van der Waals surface area contributed by atoms with Gasteiger partial charge in [0.05, 0.1) is 13.2 Å². The maximum Gasteiger partial charge on any atom is 0.335 e. The number of carbonyl (C=O) groups excluding carboxylic acids is 2. The summed E-state index contributed by atoms with van der Waals surface area (Å²) in [7, 11) is 2.96. The van der Waals surface area contributed by atoms with Crippen LogP contribution in [0.4, 0.5) is 0 Å². The number of allylic oxidation sites excluding steroid dienone is 1. The number of methoxy groups -OCH3 is 1. The molecule has 1 aliphatic heterocycles. The quantitative estimate of drug-likeness (QED) is 0.618. The smallest absolute Gasteiger partial charge is 0.335 e. The fourth-order valence-corrected chi connectivity index (χ4v) is 4.85. The van der Waals surface area contributed by atoms with E-state index in [9.17, 15) is 14.7 Å². The van der Waals surface area contributed by atoms with Gasteiger partial charge < -0.3 is 14.7 Å². The molecule has 1 heterocycles. The molecule has 0 bridgehead atoms. The summed E-state index contributed by atoms with van der Waals surface area (Å²) in [5, 5.41) is 11.3. The van der Waals surface area contributed by atoms with Crippen molar-refractivity contribution >= 4 is 11.9 Å². The van der Waals surface area contributed by atoms with Crippen LogP contribution < -0.4 is 0 Å². The molecule has 0 aromatic rings. The lowest BCUT2D eigenvalue weighted by molar-refractivity contribution is -0.175. The minimum absolute atomic E-state index is 0.0777. The van der Waals surface area contributed by atoms with E-state index in [1.54, 1.807) is 7.05 Å². The zero-order valence-corrected chi connectivity index (χ0v) is 15.5. The molecule has 1 saturated heterocycles. The number of hydrogen-bond acceptors (Lipinski definition) is 4. The van der Waals surface area contributed by atoms with E-state index in [1.807, 2.05) is 26.8 Å². The van der Waals surface area contributed by atoms with Crippen LogP contribution in [0.25, 0.3) is 0 Å². The summed E-state index contributed by atoms with van der Waals surface area (Å²) in [6, 6.07) is 0. The van der Waals surface area contributed by atoms with Gasteiger partial charge in [-0.25, -0.2) is 4.79 Å². The van der Waals surface area contributed by atoms with Crippen molar-refractivity contribution in [2.75, 3.05) is 14.2 Å². The van der Waals surface area contributed by atoms with Crippen LogP contribution in [0.1, 0.15) is 52.9 Å². The van der Waals surface area contributed by atoms with E-state index in [0.29, 0.717) is 6.42 Å². The normalized spacial score (nSPS) is 33.6. The highest BCUT2D eigenvalue weighted by Crippen LogP contribution is 2.54. The van der Waals surface area contributed by atoms with E-state index in [0.717, 1.165) is 25.7 Å². The molecule has 0 radical (unpaired) electrons. The lowest BCUT2D eigenvalue weighted by atomic mass is 9.61. The number of likely N-dealkylation sites (N-methyl/N-ethyl adjacent to an activating group) is 1. The third-order valence-electron chi connectivity index (χ3n) is 6.21. The summed E-state index contributed by atoms with van der Waals surface area (Å²) in [4.78, 5) is 27.3.